The predicted octanol–water partition coefficient (Wildman–Crippen LogP) is 5.27. The van der Waals surface area contributed by atoms with Crippen LogP contribution in [0.4, 0.5) is 10.0 Å². The number of fused-ring (bicyclic) bond motifs is 2. The van der Waals surface area contributed by atoms with E-state index in [1.165, 1.54) is 9.75 Å². The van der Waals surface area contributed by atoms with E-state index < -0.39 is 11.8 Å². The fourth-order valence-electron chi connectivity index (χ4n) is 4.73. The average Bonchev–Trinajstić information content (AvgIpc) is 3.40. The SMILES string of the molecule is NC(=O)c1c(N=Cc2ccc(C=Nc3sc4c(c3C(N)=O)CCCC4)cc2)sc2c1CCCC2. The molecular formula is C26H26N4O2S2. The zero-order valence-corrected chi connectivity index (χ0v) is 20.4. The maximum atomic E-state index is 12.0. The molecule has 0 bridgehead atoms. The van der Waals surface area contributed by atoms with Crippen molar-refractivity contribution in [1.29, 1.82) is 0 Å². The van der Waals surface area contributed by atoms with Crippen molar-refractivity contribution < 1.29 is 9.59 Å². The molecule has 2 heterocycles. The first-order valence-corrected chi connectivity index (χ1v) is 13.2. The number of hydrogen-bond donors (Lipinski definition) is 2. The smallest absolute Gasteiger partial charge is 0.252 e. The summed E-state index contributed by atoms with van der Waals surface area (Å²) in [7, 11) is 0. The lowest BCUT2D eigenvalue weighted by Crippen LogP contribution is -2.14. The summed E-state index contributed by atoms with van der Waals surface area (Å²) in [5.74, 6) is -0.799. The van der Waals surface area contributed by atoms with Crippen LogP contribution in [-0.4, -0.2) is 24.2 Å². The molecule has 2 aromatic heterocycles. The van der Waals surface area contributed by atoms with Crippen LogP contribution in [0.2, 0.25) is 0 Å². The third-order valence-corrected chi connectivity index (χ3v) is 8.80. The summed E-state index contributed by atoms with van der Waals surface area (Å²) < 4.78 is 0. The second kappa shape index (κ2) is 9.64. The molecule has 174 valence electrons. The highest BCUT2D eigenvalue weighted by atomic mass is 32.1. The van der Waals surface area contributed by atoms with Gasteiger partial charge < -0.3 is 11.5 Å². The fraction of sp³-hybridized carbons (Fsp3) is 0.308. The quantitative estimate of drug-likeness (QED) is 0.459. The van der Waals surface area contributed by atoms with Crippen molar-refractivity contribution in [3.8, 4) is 0 Å². The summed E-state index contributed by atoms with van der Waals surface area (Å²) in [5.41, 5.74) is 16.5. The lowest BCUT2D eigenvalue weighted by molar-refractivity contribution is 0.0991. The van der Waals surface area contributed by atoms with E-state index in [2.05, 4.69) is 9.98 Å². The van der Waals surface area contributed by atoms with Gasteiger partial charge in [-0.1, -0.05) is 24.3 Å². The Labute approximate surface area is 206 Å². The first-order valence-electron chi connectivity index (χ1n) is 11.6. The molecular weight excluding hydrogens is 464 g/mol. The van der Waals surface area contributed by atoms with Crippen LogP contribution in [0.3, 0.4) is 0 Å². The van der Waals surface area contributed by atoms with Crippen LogP contribution in [0.15, 0.2) is 34.3 Å². The highest BCUT2D eigenvalue weighted by Gasteiger charge is 2.24. The number of rotatable bonds is 6. The Morgan fingerprint density at radius 1 is 0.676 bits per heavy atom. The number of aryl methyl sites for hydroxylation is 2. The van der Waals surface area contributed by atoms with Gasteiger partial charge in [0.2, 0.25) is 0 Å². The summed E-state index contributed by atoms with van der Waals surface area (Å²) in [5, 5.41) is 1.40. The molecule has 0 atom stereocenters. The van der Waals surface area contributed by atoms with Crippen molar-refractivity contribution in [2.75, 3.05) is 0 Å². The Bertz CT molecular complexity index is 1210. The van der Waals surface area contributed by atoms with Crippen LogP contribution in [0.5, 0.6) is 0 Å². The van der Waals surface area contributed by atoms with E-state index >= 15 is 0 Å². The number of hydrogen-bond acceptors (Lipinski definition) is 6. The normalized spacial score (nSPS) is 15.5. The van der Waals surface area contributed by atoms with Crippen molar-refractivity contribution in [3.05, 3.63) is 67.4 Å². The molecule has 2 aliphatic rings. The molecule has 0 spiro atoms. The van der Waals surface area contributed by atoms with Gasteiger partial charge in [-0.25, -0.2) is 9.98 Å². The summed E-state index contributed by atoms with van der Waals surface area (Å²) in [4.78, 5) is 35.8. The largest absolute Gasteiger partial charge is 0.365 e. The monoisotopic (exact) mass is 490 g/mol. The highest BCUT2D eigenvalue weighted by Crippen LogP contribution is 2.40. The maximum Gasteiger partial charge on any atom is 0.252 e. The number of nitrogens with zero attached hydrogens (tertiary/aromatic N) is 2. The van der Waals surface area contributed by atoms with Crippen molar-refractivity contribution in [2.45, 2.75) is 51.4 Å². The van der Waals surface area contributed by atoms with E-state index in [1.807, 2.05) is 24.3 Å². The Balaban J connectivity index is 1.35. The number of primary amides is 2. The molecule has 3 aromatic rings. The average molecular weight is 491 g/mol. The van der Waals surface area contributed by atoms with Crippen molar-refractivity contribution in [1.82, 2.24) is 0 Å². The van der Waals surface area contributed by atoms with Crippen molar-refractivity contribution >= 4 is 56.9 Å². The van der Waals surface area contributed by atoms with Crippen molar-refractivity contribution in [3.63, 3.8) is 0 Å². The molecule has 0 saturated carbocycles. The molecule has 2 amide bonds. The van der Waals surface area contributed by atoms with Gasteiger partial charge in [0.1, 0.15) is 10.0 Å². The van der Waals surface area contributed by atoms with E-state index in [0.29, 0.717) is 21.1 Å². The van der Waals surface area contributed by atoms with Gasteiger partial charge in [0, 0.05) is 22.2 Å². The minimum absolute atomic E-state index is 0.399. The van der Waals surface area contributed by atoms with E-state index in [0.717, 1.165) is 73.6 Å². The highest BCUT2D eigenvalue weighted by molar-refractivity contribution is 7.16. The Morgan fingerprint density at radius 2 is 1.06 bits per heavy atom. The predicted molar refractivity (Wildman–Crippen MR) is 140 cm³/mol. The molecule has 0 saturated heterocycles. The molecule has 0 fully saturated rings. The maximum absolute atomic E-state index is 12.0. The van der Waals surface area contributed by atoms with E-state index in [9.17, 15) is 9.59 Å². The number of carbonyl (C=O) groups is 2. The Kier molecular flexibility index (Phi) is 6.43. The van der Waals surface area contributed by atoms with Gasteiger partial charge in [-0.15, -0.1) is 22.7 Å². The second-order valence-corrected chi connectivity index (χ2v) is 10.9. The molecule has 6 nitrogen and oxygen atoms in total. The minimum atomic E-state index is -0.399. The zero-order chi connectivity index (χ0) is 23.7. The van der Waals surface area contributed by atoms with Gasteiger partial charge in [-0.2, -0.15) is 0 Å². The molecule has 2 aliphatic carbocycles. The number of nitrogens with two attached hydrogens (primary N) is 2. The summed E-state index contributed by atoms with van der Waals surface area (Å²) in [6.07, 6.45) is 11.8. The lowest BCUT2D eigenvalue weighted by atomic mass is 9.95. The third-order valence-electron chi connectivity index (χ3n) is 6.40. The van der Waals surface area contributed by atoms with Gasteiger partial charge in [-0.3, -0.25) is 9.59 Å². The lowest BCUT2D eigenvalue weighted by Gasteiger charge is -2.10. The summed E-state index contributed by atoms with van der Waals surface area (Å²) in [6, 6.07) is 7.82. The molecule has 0 radical (unpaired) electrons. The molecule has 1 aromatic carbocycles. The van der Waals surface area contributed by atoms with E-state index in [-0.39, 0.29) is 0 Å². The molecule has 34 heavy (non-hydrogen) atoms. The van der Waals surface area contributed by atoms with Gasteiger partial charge in [0.25, 0.3) is 11.8 Å². The number of amides is 2. The fourth-order valence-corrected chi connectivity index (χ4v) is 7.20. The Hall–Kier alpha value is -3.10. The number of benzene rings is 1. The molecule has 0 aliphatic heterocycles. The van der Waals surface area contributed by atoms with Crippen LogP contribution in [0, 0.1) is 0 Å². The minimum Gasteiger partial charge on any atom is -0.365 e. The first-order chi connectivity index (χ1) is 16.5. The van der Waals surface area contributed by atoms with Crippen LogP contribution in [0.1, 0.15) is 78.4 Å². The molecule has 0 unspecified atom stereocenters. The van der Waals surface area contributed by atoms with Crippen LogP contribution in [-0.2, 0) is 25.7 Å². The van der Waals surface area contributed by atoms with Gasteiger partial charge in [0.15, 0.2) is 0 Å². The van der Waals surface area contributed by atoms with E-state index in [4.69, 9.17) is 11.5 Å². The standard InChI is InChI=1S/C26H26N4O2S2/c27-23(31)21-17-5-1-3-7-19(17)33-25(21)29-13-15-9-11-16(12-10-15)14-30-26-22(24(28)32)18-6-2-4-8-20(18)34-26/h9-14H,1-8H2,(H2,27,31)(H2,28,32). The molecule has 5 rings (SSSR count). The zero-order valence-electron chi connectivity index (χ0n) is 18.8. The van der Waals surface area contributed by atoms with E-state index in [1.54, 1.807) is 35.1 Å². The van der Waals surface area contributed by atoms with Gasteiger partial charge in [-0.05, 0) is 73.6 Å². The van der Waals surface area contributed by atoms with Gasteiger partial charge >= 0.3 is 0 Å². The summed E-state index contributed by atoms with van der Waals surface area (Å²) >= 11 is 3.15. The molecule has 8 heteroatoms. The number of aliphatic imine (C=N–C) groups is 2. The second-order valence-electron chi connectivity index (χ2n) is 8.69. The number of carbonyl (C=O) groups excluding carboxylic acids is 2. The molecule has 4 N–H and O–H groups in total. The topological polar surface area (TPSA) is 111 Å². The Morgan fingerprint density at radius 3 is 1.44 bits per heavy atom. The van der Waals surface area contributed by atoms with Crippen LogP contribution >= 0.6 is 22.7 Å². The third kappa shape index (κ3) is 4.48. The van der Waals surface area contributed by atoms with Crippen molar-refractivity contribution in [2.24, 2.45) is 21.5 Å². The summed E-state index contributed by atoms with van der Waals surface area (Å²) in [6.45, 7) is 0. The first kappa shape index (κ1) is 22.7. The number of thiophene rings is 2. The van der Waals surface area contributed by atoms with Crippen LogP contribution in [0.25, 0.3) is 0 Å². The van der Waals surface area contributed by atoms with Gasteiger partial charge in [0.05, 0.1) is 11.1 Å². The van der Waals surface area contributed by atoms with Crippen LogP contribution < -0.4 is 11.5 Å².